The number of carbonyl (C=O) groups is 1. The van der Waals surface area contributed by atoms with Crippen LogP contribution in [0, 0.1) is 18.3 Å². The Labute approximate surface area is 204 Å². The van der Waals surface area contributed by atoms with Gasteiger partial charge < -0.3 is 38.6 Å². The van der Waals surface area contributed by atoms with E-state index in [0.717, 1.165) is 16.7 Å². The minimum atomic E-state index is -1.32. The monoisotopic (exact) mass is 490 g/mol. The fourth-order valence-electron chi connectivity index (χ4n) is 8.22. The summed E-state index contributed by atoms with van der Waals surface area (Å²) in [5, 5.41) is 22.3. The van der Waals surface area contributed by atoms with E-state index in [4.69, 9.17) is 28.4 Å². The fourth-order valence-corrected chi connectivity index (χ4v) is 8.22. The molecule has 4 heterocycles. The highest BCUT2D eigenvalue weighted by molar-refractivity contribution is 5.98. The van der Waals surface area contributed by atoms with Crippen LogP contribution in [0.25, 0.3) is 0 Å². The van der Waals surface area contributed by atoms with Gasteiger partial charge in [0.05, 0.1) is 19.8 Å². The summed E-state index contributed by atoms with van der Waals surface area (Å²) in [5.74, 6) is -0.667. The zero-order chi connectivity index (χ0) is 25.2. The molecule has 1 spiro atoms. The van der Waals surface area contributed by atoms with Crippen molar-refractivity contribution >= 4 is 5.97 Å². The largest absolute Gasteiger partial charge is 0.495 e. The van der Waals surface area contributed by atoms with Crippen LogP contribution in [0.5, 0.6) is 11.5 Å². The molecule has 2 saturated heterocycles. The van der Waals surface area contributed by atoms with Gasteiger partial charge in [-0.3, -0.25) is 0 Å². The molecule has 2 bridgehead atoms. The summed E-state index contributed by atoms with van der Waals surface area (Å²) in [6.45, 7) is 7.70. The van der Waals surface area contributed by atoms with Crippen molar-refractivity contribution in [3.8, 4) is 11.5 Å². The molecule has 1 saturated carbocycles. The summed E-state index contributed by atoms with van der Waals surface area (Å²) >= 11 is 0. The van der Waals surface area contributed by atoms with E-state index in [1.54, 1.807) is 14.0 Å². The first-order chi connectivity index (χ1) is 16.4. The van der Waals surface area contributed by atoms with Gasteiger partial charge in [0.15, 0.2) is 0 Å². The second-order valence-electron chi connectivity index (χ2n) is 11.4. The second kappa shape index (κ2) is 6.89. The van der Waals surface area contributed by atoms with Gasteiger partial charge in [-0.15, -0.1) is 0 Å². The third-order valence-corrected chi connectivity index (χ3v) is 9.84. The maximum atomic E-state index is 12.6. The number of fused-ring (bicyclic) bond motifs is 5. The lowest BCUT2D eigenvalue weighted by Crippen LogP contribution is -2.78. The molecule has 0 radical (unpaired) electrons. The molecular formula is C26H34O9. The first kappa shape index (κ1) is 23.5. The van der Waals surface area contributed by atoms with E-state index in [-0.39, 0.29) is 31.5 Å². The molecule has 5 aliphatic rings. The average Bonchev–Trinajstić information content (AvgIpc) is 3.32. The van der Waals surface area contributed by atoms with Crippen molar-refractivity contribution in [3.05, 3.63) is 22.3 Å². The quantitative estimate of drug-likeness (QED) is 0.617. The predicted octanol–water partition coefficient (Wildman–Crippen LogP) is 2.39. The summed E-state index contributed by atoms with van der Waals surface area (Å²) in [4.78, 5) is 12.6. The Balaban J connectivity index is 1.56. The van der Waals surface area contributed by atoms with Crippen molar-refractivity contribution in [1.82, 2.24) is 0 Å². The third kappa shape index (κ3) is 2.49. The van der Waals surface area contributed by atoms with E-state index < -0.39 is 34.3 Å². The summed E-state index contributed by atoms with van der Waals surface area (Å²) in [5.41, 5.74) is -0.872. The van der Waals surface area contributed by atoms with Gasteiger partial charge in [-0.05, 0) is 39.2 Å². The van der Waals surface area contributed by atoms with Gasteiger partial charge in [0.1, 0.15) is 40.5 Å². The zero-order valence-corrected chi connectivity index (χ0v) is 21.1. The Bertz CT molecular complexity index is 1130. The van der Waals surface area contributed by atoms with E-state index >= 15 is 0 Å². The fraction of sp³-hybridized carbons (Fsp3) is 0.731. The van der Waals surface area contributed by atoms with Crippen LogP contribution in [0.4, 0.5) is 0 Å². The molecule has 9 nitrogen and oxygen atoms in total. The predicted molar refractivity (Wildman–Crippen MR) is 121 cm³/mol. The number of rotatable bonds is 3. The smallest absolute Gasteiger partial charge is 0.342 e. The van der Waals surface area contributed by atoms with Gasteiger partial charge in [-0.25, -0.2) is 4.79 Å². The summed E-state index contributed by atoms with van der Waals surface area (Å²) in [7, 11) is 3.08. The van der Waals surface area contributed by atoms with E-state index in [9.17, 15) is 15.0 Å². The van der Waals surface area contributed by atoms with Crippen LogP contribution in [0.2, 0.25) is 0 Å². The Morgan fingerprint density at radius 2 is 1.86 bits per heavy atom. The second-order valence-corrected chi connectivity index (χ2v) is 11.4. The van der Waals surface area contributed by atoms with E-state index in [1.165, 1.54) is 7.11 Å². The van der Waals surface area contributed by atoms with Crippen LogP contribution in [0.3, 0.4) is 0 Å². The van der Waals surface area contributed by atoms with E-state index in [1.807, 2.05) is 13.8 Å². The lowest BCUT2D eigenvalue weighted by Gasteiger charge is -2.66. The number of cyclic esters (lactones) is 1. The van der Waals surface area contributed by atoms with Gasteiger partial charge in [-0.1, -0.05) is 6.92 Å². The first-order valence-electron chi connectivity index (χ1n) is 12.3. The normalized spacial score (nSPS) is 45.1. The topological polar surface area (TPSA) is 113 Å². The summed E-state index contributed by atoms with van der Waals surface area (Å²) < 4.78 is 36.5. The molecule has 0 unspecified atom stereocenters. The van der Waals surface area contributed by atoms with Crippen molar-refractivity contribution in [2.24, 2.45) is 11.3 Å². The number of benzene rings is 1. The molecule has 3 fully saturated rings. The SMILES string of the molecule is COc1c2c(c(C)c3c1C(=O)OC3)O[C@]1(C)C[C@H](O)[C@@]34O[C@@](OC)(CC[C@]3(C)[C@H]1C2)O[C@]4(C)CO. The van der Waals surface area contributed by atoms with Crippen LogP contribution in [-0.2, 0) is 32.0 Å². The van der Waals surface area contributed by atoms with Crippen LogP contribution in [0.1, 0.15) is 67.1 Å². The zero-order valence-electron chi connectivity index (χ0n) is 21.1. The van der Waals surface area contributed by atoms with Crippen LogP contribution >= 0.6 is 0 Å². The molecule has 9 heteroatoms. The first-order valence-corrected chi connectivity index (χ1v) is 12.3. The molecule has 192 valence electrons. The highest BCUT2D eigenvalue weighted by atomic mass is 16.9. The molecule has 35 heavy (non-hydrogen) atoms. The Kier molecular flexibility index (Phi) is 4.62. The minimum Gasteiger partial charge on any atom is -0.495 e. The standard InChI is InChI=1S/C26H34O9/c1-13-15-11-32-21(29)18(15)20(30-5)14-9-16-22(2)7-8-25(31-6)34-24(4,12-27)26(22,35-25)17(28)10-23(16,3)33-19(13)14/h16-17,27-28H,7-12H2,1-6H3/t16-,17+,22-,23-,24-,25-,26-/m1/s1. The molecule has 2 N–H and O–H groups in total. The highest BCUT2D eigenvalue weighted by Gasteiger charge is 2.81. The van der Waals surface area contributed by atoms with Crippen molar-refractivity contribution in [2.45, 2.75) is 88.9 Å². The third-order valence-electron chi connectivity index (χ3n) is 9.84. The van der Waals surface area contributed by atoms with Crippen LogP contribution in [-0.4, -0.2) is 65.9 Å². The van der Waals surface area contributed by atoms with Crippen LogP contribution in [0.15, 0.2) is 0 Å². The molecule has 1 aliphatic carbocycles. The van der Waals surface area contributed by atoms with Crippen LogP contribution < -0.4 is 9.47 Å². The maximum absolute atomic E-state index is 12.6. The molecule has 0 amide bonds. The molecule has 1 aromatic carbocycles. The van der Waals surface area contributed by atoms with Gasteiger partial charge in [0.25, 0.3) is 5.97 Å². The number of hydrogen-bond donors (Lipinski definition) is 2. The van der Waals surface area contributed by atoms with E-state index in [0.29, 0.717) is 36.3 Å². The minimum absolute atomic E-state index is 0.142. The van der Waals surface area contributed by atoms with Gasteiger partial charge in [0, 0.05) is 42.4 Å². The van der Waals surface area contributed by atoms with Crippen molar-refractivity contribution in [1.29, 1.82) is 0 Å². The van der Waals surface area contributed by atoms with Crippen molar-refractivity contribution in [3.63, 3.8) is 0 Å². The molecule has 7 atom stereocenters. The number of hydrogen-bond acceptors (Lipinski definition) is 9. The lowest BCUT2D eigenvalue weighted by molar-refractivity contribution is -0.392. The van der Waals surface area contributed by atoms with E-state index in [2.05, 4.69) is 6.92 Å². The number of aliphatic hydroxyl groups excluding tert-OH is 2. The Morgan fingerprint density at radius 3 is 2.51 bits per heavy atom. The number of esters is 1. The molecule has 0 aromatic heterocycles. The van der Waals surface area contributed by atoms with Gasteiger partial charge in [-0.2, -0.15) is 0 Å². The molecule has 6 rings (SSSR count). The lowest BCUT2D eigenvalue weighted by atomic mass is 9.45. The molecule has 4 aliphatic heterocycles. The number of methoxy groups -OCH3 is 2. The number of carbonyl (C=O) groups excluding carboxylic acids is 1. The number of ether oxygens (including phenoxy) is 6. The average molecular weight is 491 g/mol. The Morgan fingerprint density at radius 1 is 1.11 bits per heavy atom. The molecule has 1 aromatic rings. The maximum Gasteiger partial charge on any atom is 0.342 e. The van der Waals surface area contributed by atoms with Crippen molar-refractivity contribution in [2.75, 3.05) is 20.8 Å². The van der Waals surface area contributed by atoms with Gasteiger partial charge >= 0.3 is 5.97 Å². The van der Waals surface area contributed by atoms with Gasteiger partial charge in [0.2, 0.25) is 0 Å². The molecular weight excluding hydrogens is 456 g/mol. The Hall–Kier alpha value is -1.91. The number of aliphatic hydroxyl groups is 2. The summed E-state index contributed by atoms with van der Waals surface area (Å²) in [6.07, 6.45) is 0.911. The summed E-state index contributed by atoms with van der Waals surface area (Å²) in [6, 6.07) is 0. The van der Waals surface area contributed by atoms with Crippen molar-refractivity contribution < 1.29 is 43.4 Å². The highest BCUT2D eigenvalue weighted by Crippen LogP contribution is 2.71.